The molecule has 1 fully saturated rings. The summed E-state index contributed by atoms with van der Waals surface area (Å²) in [6, 6.07) is 13.9. The molecule has 3 rings (SSSR count). The lowest BCUT2D eigenvalue weighted by molar-refractivity contribution is -0.137. The minimum absolute atomic E-state index is 0.0321. The smallest absolute Gasteiger partial charge is 0.303 e. The number of carboxylic acids is 1. The maximum Gasteiger partial charge on any atom is 0.303 e. The first kappa shape index (κ1) is 17.3. The van der Waals surface area contributed by atoms with E-state index in [9.17, 15) is 9.59 Å². The third kappa shape index (κ3) is 3.92. The van der Waals surface area contributed by atoms with E-state index in [-0.39, 0.29) is 18.2 Å². The summed E-state index contributed by atoms with van der Waals surface area (Å²) < 4.78 is 1.94. The zero-order chi connectivity index (χ0) is 17.8. The van der Waals surface area contributed by atoms with Crippen LogP contribution in [0.5, 0.6) is 0 Å². The van der Waals surface area contributed by atoms with Crippen molar-refractivity contribution in [1.82, 2.24) is 9.47 Å². The SMILES string of the molecule is Cn1c(C(=O)N2CCCC(CCC(=O)O)C2)ccc1-c1ccccc1. The number of hydrogen-bond donors (Lipinski definition) is 1. The van der Waals surface area contributed by atoms with E-state index in [1.807, 2.05) is 59.0 Å². The molecule has 0 spiro atoms. The van der Waals surface area contributed by atoms with Crippen LogP contribution in [-0.4, -0.2) is 39.5 Å². The Bertz CT molecular complexity index is 752. The van der Waals surface area contributed by atoms with Gasteiger partial charge in [-0.1, -0.05) is 30.3 Å². The van der Waals surface area contributed by atoms with Crippen molar-refractivity contribution in [2.75, 3.05) is 13.1 Å². The van der Waals surface area contributed by atoms with Gasteiger partial charge in [0.05, 0.1) is 0 Å². The number of carbonyl (C=O) groups is 2. The Balaban J connectivity index is 1.73. The first-order chi connectivity index (χ1) is 12.1. The van der Waals surface area contributed by atoms with Gasteiger partial charge in [0.15, 0.2) is 0 Å². The summed E-state index contributed by atoms with van der Waals surface area (Å²) in [6.45, 7) is 1.40. The number of rotatable bonds is 5. The van der Waals surface area contributed by atoms with E-state index >= 15 is 0 Å². The average Bonchev–Trinajstić information content (AvgIpc) is 3.02. The molecule has 1 saturated heterocycles. The summed E-state index contributed by atoms with van der Waals surface area (Å²) in [5.41, 5.74) is 2.78. The molecular formula is C20H24N2O3. The average molecular weight is 340 g/mol. The van der Waals surface area contributed by atoms with Gasteiger partial charge in [-0.25, -0.2) is 0 Å². The number of benzene rings is 1. The Morgan fingerprint density at radius 2 is 1.92 bits per heavy atom. The lowest BCUT2D eigenvalue weighted by atomic mass is 9.93. The van der Waals surface area contributed by atoms with Gasteiger partial charge in [0.2, 0.25) is 0 Å². The zero-order valence-corrected chi connectivity index (χ0v) is 14.5. The predicted octanol–water partition coefficient (Wildman–Crippen LogP) is 3.41. The van der Waals surface area contributed by atoms with Crippen LogP contribution in [0, 0.1) is 5.92 Å². The van der Waals surface area contributed by atoms with Crippen LogP contribution < -0.4 is 0 Å². The minimum atomic E-state index is -0.765. The highest BCUT2D eigenvalue weighted by atomic mass is 16.4. The highest BCUT2D eigenvalue weighted by Gasteiger charge is 2.26. The van der Waals surface area contributed by atoms with E-state index in [0.717, 1.165) is 30.6 Å². The fourth-order valence-corrected chi connectivity index (χ4v) is 3.60. The Morgan fingerprint density at radius 3 is 2.64 bits per heavy atom. The molecular weight excluding hydrogens is 316 g/mol. The highest BCUT2D eigenvalue weighted by Crippen LogP contribution is 2.25. The molecule has 1 aliphatic rings. The van der Waals surface area contributed by atoms with Crippen molar-refractivity contribution >= 4 is 11.9 Å². The minimum Gasteiger partial charge on any atom is -0.481 e. The monoisotopic (exact) mass is 340 g/mol. The fourth-order valence-electron chi connectivity index (χ4n) is 3.60. The summed E-state index contributed by atoms with van der Waals surface area (Å²) in [7, 11) is 1.92. The molecule has 0 bridgehead atoms. The summed E-state index contributed by atoms with van der Waals surface area (Å²) in [5, 5.41) is 8.86. The molecule has 1 aliphatic heterocycles. The van der Waals surface area contributed by atoms with Crippen LogP contribution in [0.4, 0.5) is 0 Å². The molecule has 1 atom stereocenters. The van der Waals surface area contributed by atoms with Crippen molar-refractivity contribution in [3.05, 3.63) is 48.2 Å². The zero-order valence-electron chi connectivity index (χ0n) is 14.5. The Kier molecular flexibility index (Phi) is 5.22. The maximum atomic E-state index is 12.9. The topological polar surface area (TPSA) is 62.5 Å². The molecule has 2 heterocycles. The van der Waals surface area contributed by atoms with Crippen LogP contribution in [0.2, 0.25) is 0 Å². The van der Waals surface area contributed by atoms with Crippen molar-refractivity contribution in [1.29, 1.82) is 0 Å². The molecule has 1 N–H and O–H groups in total. The number of carbonyl (C=O) groups excluding carboxylic acids is 1. The second-order valence-electron chi connectivity index (χ2n) is 6.72. The van der Waals surface area contributed by atoms with Crippen LogP contribution in [0.1, 0.15) is 36.2 Å². The molecule has 2 aromatic rings. The standard InChI is InChI=1S/C20H24N2O3/c1-21-17(16-7-3-2-4-8-16)10-11-18(21)20(25)22-13-5-6-15(14-22)9-12-19(23)24/h2-4,7-8,10-11,15H,5-6,9,12-14H2,1H3,(H,23,24). The van der Waals surface area contributed by atoms with Crippen LogP contribution in [0.15, 0.2) is 42.5 Å². The fraction of sp³-hybridized carbons (Fsp3) is 0.400. The van der Waals surface area contributed by atoms with Gasteiger partial charge in [0.1, 0.15) is 5.69 Å². The lowest BCUT2D eigenvalue weighted by Crippen LogP contribution is -2.40. The number of aromatic nitrogens is 1. The molecule has 0 radical (unpaired) electrons. The molecule has 0 saturated carbocycles. The summed E-state index contributed by atoms with van der Waals surface area (Å²) in [6.07, 6.45) is 2.75. The molecule has 132 valence electrons. The molecule has 1 amide bonds. The van der Waals surface area contributed by atoms with Crippen LogP contribution in [0.3, 0.4) is 0 Å². The van der Waals surface area contributed by atoms with Gasteiger partial charge in [-0.05, 0) is 42.9 Å². The van der Waals surface area contributed by atoms with Gasteiger partial charge in [0.25, 0.3) is 5.91 Å². The van der Waals surface area contributed by atoms with Gasteiger partial charge in [-0.15, -0.1) is 0 Å². The molecule has 1 aromatic carbocycles. The molecule has 25 heavy (non-hydrogen) atoms. The molecule has 1 unspecified atom stereocenters. The second-order valence-corrected chi connectivity index (χ2v) is 6.72. The second kappa shape index (κ2) is 7.55. The number of hydrogen-bond acceptors (Lipinski definition) is 2. The molecule has 5 nitrogen and oxygen atoms in total. The van der Waals surface area contributed by atoms with E-state index in [1.165, 1.54) is 0 Å². The van der Waals surface area contributed by atoms with Crippen LogP contribution >= 0.6 is 0 Å². The van der Waals surface area contributed by atoms with Crippen molar-refractivity contribution in [3.63, 3.8) is 0 Å². The van der Waals surface area contributed by atoms with Gasteiger partial charge < -0.3 is 14.6 Å². The van der Waals surface area contributed by atoms with Crippen LogP contribution in [-0.2, 0) is 11.8 Å². The van der Waals surface area contributed by atoms with Gasteiger partial charge in [0, 0.05) is 32.3 Å². The first-order valence-electron chi connectivity index (χ1n) is 8.78. The van der Waals surface area contributed by atoms with Gasteiger partial charge >= 0.3 is 5.97 Å². The maximum absolute atomic E-state index is 12.9. The quantitative estimate of drug-likeness (QED) is 0.907. The Morgan fingerprint density at radius 1 is 1.16 bits per heavy atom. The van der Waals surface area contributed by atoms with Crippen molar-refractivity contribution in [3.8, 4) is 11.3 Å². The largest absolute Gasteiger partial charge is 0.481 e. The molecule has 0 aliphatic carbocycles. The summed E-state index contributed by atoms with van der Waals surface area (Å²) in [5.74, 6) is -0.453. The van der Waals surface area contributed by atoms with Crippen molar-refractivity contribution in [2.45, 2.75) is 25.7 Å². The van der Waals surface area contributed by atoms with Gasteiger partial charge in [-0.2, -0.15) is 0 Å². The number of amides is 1. The summed E-state index contributed by atoms with van der Waals surface area (Å²) in [4.78, 5) is 25.6. The summed E-state index contributed by atoms with van der Waals surface area (Å²) >= 11 is 0. The van der Waals surface area contributed by atoms with Crippen molar-refractivity contribution < 1.29 is 14.7 Å². The van der Waals surface area contributed by atoms with E-state index < -0.39 is 5.97 Å². The molecule has 5 heteroatoms. The van der Waals surface area contributed by atoms with Crippen LogP contribution in [0.25, 0.3) is 11.3 Å². The lowest BCUT2D eigenvalue weighted by Gasteiger charge is -2.32. The third-order valence-corrected chi connectivity index (χ3v) is 4.98. The Hall–Kier alpha value is -2.56. The number of nitrogens with zero attached hydrogens (tertiary/aromatic N) is 2. The van der Waals surface area contributed by atoms with Crippen molar-refractivity contribution in [2.24, 2.45) is 13.0 Å². The van der Waals surface area contributed by atoms with Gasteiger partial charge in [-0.3, -0.25) is 9.59 Å². The van der Waals surface area contributed by atoms with E-state index in [4.69, 9.17) is 5.11 Å². The highest BCUT2D eigenvalue weighted by molar-refractivity contribution is 5.94. The van der Waals surface area contributed by atoms with E-state index in [2.05, 4.69) is 0 Å². The Labute approximate surface area is 147 Å². The predicted molar refractivity (Wildman–Crippen MR) is 96.3 cm³/mol. The molecule has 1 aromatic heterocycles. The number of likely N-dealkylation sites (tertiary alicyclic amines) is 1. The van der Waals surface area contributed by atoms with E-state index in [0.29, 0.717) is 18.7 Å². The normalized spacial score (nSPS) is 17.5. The van der Waals surface area contributed by atoms with E-state index in [1.54, 1.807) is 0 Å². The third-order valence-electron chi connectivity index (χ3n) is 4.98. The first-order valence-corrected chi connectivity index (χ1v) is 8.78. The number of carboxylic acid groups (broad SMARTS) is 1. The number of aliphatic carboxylic acids is 1. The number of piperidine rings is 1.